The van der Waals surface area contributed by atoms with Crippen LogP contribution in [0.5, 0.6) is 0 Å². The minimum absolute atomic E-state index is 1.17. The van der Waals surface area contributed by atoms with Gasteiger partial charge in [-0.3, -0.25) is 4.90 Å². The molecule has 0 aromatic rings. The van der Waals surface area contributed by atoms with E-state index in [1.54, 1.807) is 0 Å². The predicted octanol–water partition coefficient (Wildman–Crippen LogP) is -0.0808. The molecule has 2 heterocycles. The van der Waals surface area contributed by atoms with Gasteiger partial charge in [0.05, 0.1) is 0 Å². The van der Waals surface area contributed by atoms with E-state index in [9.17, 15) is 0 Å². The van der Waals surface area contributed by atoms with Gasteiger partial charge in [-0.15, -0.1) is 0 Å². The number of nitrogens with zero attached hydrogens (tertiary/aromatic N) is 3. The van der Waals surface area contributed by atoms with Crippen LogP contribution >= 0.6 is 0 Å². The molecule has 2 saturated heterocycles. The highest BCUT2D eigenvalue weighted by Crippen LogP contribution is 2.02. The van der Waals surface area contributed by atoms with Crippen LogP contribution in [0.1, 0.15) is 13.3 Å². The first-order valence-corrected chi connectivity index (χ1v) is 7.26. The molecule has 0 unspecified atom stereocenters. The zero-order valence-corrected chi connectivity index (χ0v) is 11.3. The molecule has 0 aliphatic carbocycles. The third-order valence-corrected chi connectivity index (χ3v) is 4.08. The van der Waals surface area contributed by atoms with Crippen LogP contribution in [0.4, 0.5) is 0 Å². The summed E-state index contributed by atoms with van der Waals surface area (Å²) in [4.78, 5) is 7.79. The molecule has 0 spiro atoms. The monoisotopic (exact) mass is 240 g/mol. The third-order valence-electron chi connectivity index (χ3n) is 4.08. The van der Waals surface area contributed by atoms with Crippen LogP contribution < -0.4 is 5.32 Å². The van der Waals surface area contributed by atoms with E-state index >= 15 is 0 Å². The second-order valence-corrected chi connectivity index (χ2v) is 5.22. The lowest BCUT2D eigenvalue weighted by molar-refractivity contribution is 0.123. The molecule has 0 bridgehead atoms. The average Bonchev–Trinajstić information content (AvgIpc) is 2.65. The summed E-state index contributed by atoms with van der Waals surface area (Å²) in [6, 6.07) is 0. The molecule has 0 amide bonds. The molecule has 1 N–H and O–H groups in total. The molecule has 0 radical (unpaired) electrons. The number of hydrogen-bond acceptors (Lipinski definition) is 4. The number of piperazine rings is 1. The SMILES string of the molecule is CCN1CCN(CCN2CCCNCC2)CC1. The van der Waals surface area contributed by atoms with Crippen molar-refractivity contribution >= 4 is 0 Å². The largest absolute Gasteiger partial charge is 0.315 e. The Bertz CT molecular complexity index is 194. The fourth-order valence-electron chi connectivity index (χ4n) is 2.74. The highest BCUT2D eigenvalue weighted by Gasteiger charge is 2.16. The normalized spacial score (nSPS) is 25.9. The van der Waals surface area contributed by atoms with E-state index in [4.69, 9.17) is 0 Å². The Morgan fingerprint density at radius 2 is 1.41 bits per heavy atom. The van der Waals surface area contributed by atoms with E-state index in [1.165, 1.54) is 78.4 Å². The molecule has 4 nitrogen and oxygen atoms in total. The fourth-order valence-corrected chi connectivity index (χ4v) is 2.74. The molecule has 2 aliphatic rings. The van der Waals surface area contributed by atoms with Gasteiger partial charge in [-0.25, -0.2) is 0 Å². The maximum Gasteiger partial charge on any atom is 0.0110 e. The standard InChI is InChI=1S/C13H28N4/c1-2-15-8-10-17(11-9-15)13-12-16-6-3-4-14-5-7-16/h14H,2-13H2,1H3. The molecule has 2 fully saturated rings. The Hall–Kier alpha value is -0.160. The fraction of sp³-hybridized carbons (Fsp3) is 1.00. The van der Waals surface area contributed by atoms with Crippen molar-refractivity contribution in [2.75, 3.05) is 72.0 Å². The second-order valence-electron chi connectivity index (χ2n) is 5.22. The van der Waals surface area contributed by atoms with E-state index < -0.39 is 0 Å². The maximum atomic E-state index is 3.47. The summed E-state index contributed by atoms with van der Waals surface area (Å²) in [5.74, 6) is 0. The topological polar surface area (TPSA) is 21.8 Å². The van der Waals surface area contributed by atoms with Crippen molar-refractivity contribution in [1.29, 1.82) is 0 Å². The number of hydrogen-bond donors (Lipinski definition) is 1. The van der Waals surface area contributed by atoms with E-state index in [0.29, 0.717) is 0 Å². The van der Waals surface area contributed by atoms with Crippen molar-refractivity contribution < 1.29 is 0 Å². The molecule has 2 rings (SSSR count). The van der Waals surface area contributed by atoms with Gasteiger partial charge in [-0.2, -0.15) is 0 Å². The van der Waals surface area contributed by atoms with Crippen molar-refractivity contribution in [1.82, 2.24) is 20.0 Å². The molecule has 17 heavy (non-hydrogen) atoms. The van der Waals surface area contributed by atoms with Crippen molar-refractivity contribution in [2.24, 2.45) is 0 Å². The maximum absolute atomic E-state index is 3.47. The van der Waals surface area contributed by atoms with Crippen LogP contribution in [-0.2, 0) is 0 Å². The van der Waals surface area contributed by atoms with E-state index in [2.05, 4.69) is 26.9 Å². The van der Waals surface area contributed by atoms with Crippen LogP contribution in [0.25, 0.3) is 0 Å². The van der Waals surface area contributed by atoms with Crippen molar-refractivity contribution in [3.05, 3.63) is 0 Å². The van der Waals surface area contributed by atoms with Gasteiger partial charge in [0, 0.05) is 52.4 Å². The molecule has 0 atom stereocenters. The van der Waals surface area contributed by atoms with Gasteiger partial charge in [-0.05, 0) is 26.1 Å². The minimum atomic E-state index is 1.17. The smallest absolute Gasteiger partial charge is 0.0110 e. The molecule has 2 aliphatic heterocycles. The van der Waals surface area contributed by atoms with Gasteiger partial charge in [0.1, 0.15) is 0 Å². The Morgan fingerprint density at radius 3 is 2.12 bits per heavy atom. The van der Waals surface area contributed by atoms with E-state index in [-0.39, 0.29) is 0 Å². The summed E-state index contributed by atoms with van der Waals surface area (Å²) >= 11 is 0. The van der Waals surface area contributed by atoms with Crippen LogP contribution in [-0.4, -0.2) is 86.7 Å². The van der Waals surface area contributed by atoms with Crippen molar-refractivity contribution in [3.63, 3.8) is 0 Å². The molecule has 100 valence electrons. The molecular formula is C13H28N4. The Labute approximate surface area is 106 Å². The van der Waals surface area contributed by atoms with Crippen LogP contribution in [0.2, 0.25) is 0 Å². The Balaban J connectivity index is 1.61. The summed E-state index contributed by atoms with van der Waals surface area (Å²) in [7, 11) is 0. The third kappa shape index (κ3) is 4.54. The van der Waals surface area contributed by atoms with E-state index in [0.717, 1.165) is 0 Å². The molecule has 0 aromatic heterocycles. The molecule has 0 saturated carbocycles. The summed E-state index contributed by atoms with van der Waals surface area (Å²) in [6.45, 7) is 15.9. The van der Waals surface area contributed by atoms with Crippen LogP contribution in [0.3, 0.4) is 0 Å². The highest BCUT2D eigenvalue weighted by atomic mass is 15.3. The average molecular weight is 240 g/mol. The number of likely N-dealkylation sites (N-methyl/N-ethyl adjacent to an activating group) is 1. The quantitative estimate of drug-likeness (QED) is 0.742. The van der Waals surface area contributed by atoms with Gasteiger partial charge in [0.15, 0.2) is 0 Å². The van der Waals surface area contributed by atoms with Gasteiger partial charge < -0.3 is 15.1 Å². The van der Waals surface area contributed by atoms with Crippen LogP contribution in [0.15, 0.2) is 0 Å². The lowest BCUT2D eigenvalue weighted by atomic mass is 10.3. The van der Waals surface area contributed by atoms with Crippen molar-refractivity contribution in [2.45, 2.75) is 13.3 Å². The minimum Gasteiger partial charge on any atom is -0.315 e. The lowest BCUT2D eigenvalue weighted by Crippen LogP contribution is -2.48. The first-order chi connectivity index (χ1) is 8.38. The van der Waals surface area contributed by atoms with Crippen molar-refractivity contribution in [3.8, 4) is 0 Å². The summed E-state index contributed by atoms with van der Waals surface area (Å²) in [5.41, 5.74) is 0. The van der Waals surface area contributed by atoms with Crippen LogP contribution in [0, 0.1) is 0 Å². The first kappa shape index (κ1) is 13.3. The lowest BCUT2D eigenvalue weighted by Gasteiger charge is -2.35. The van der Waals surface area contributed by atoms with Gasteiger partial charge in [0.2, 0.25) is 0 Å². The number of rotatable bonds is 4. The molecule has 0 aromatic carbocycles. The summed E-state index contributed by atoms with van der Waals surface area (Å²) in [6.07, 6.45) is 1.31. The first-order valence-electron chi connectivity index (χ1n) is 7.26. The zero-order chi connectivity index (χ0) is 11.9. The number of nitrogens with one attached hydrogen (secondary N) is 1. The predicted molar refractivity (Wildman–Crippen MR) is 72.5 cm³/mol. The Morgan fingerprint density at radius 1 is 0.765 bits per heavy atom. The summed E-state index contributed by atoms with van der Waals surface area (Å²) in [5, 5.41) is 3.47. The highest BCUT2D eigenvalue weighted by molar-refractivity contribution is 4.73. The zero-order valence-electron chi connectivity index (χ0n) is 11.3. The van der Waals surface area contributed by atoms with E-state index in [1.807, 2.05) is 0 Å². The Kier molecular flexibility index (Phi) is 5.71. The molecular weight excluding hydrogens is 212 g/mol. The molecule has 4 heteroatoms. The second kappa shape index (κ2) is 7.31. The summed E-state index contributed by atoms with van der Waals surface area (Å²) < 4.78 is 0. The van der Waals surface area contributed by atoms with Gasteiger partial charge >= 0.3 is 0 Å². The van der Waals surface area contributed by atoms with Gasteiger partial charge in [-0.1, -0.05) is 6.92 Å². The van der Waals surface area contributed by atoms with Gasteiger partial charge in [0.25, 0.3) is 0 Å².